The second-order valence-corrected chi connectivity index (χ2v) is 5.61. The van der Waals surface area contributed by atoms with Crippen LogP contribution in [0.4, 0.5) is 5.69 Å². The van der Waals surface area contributed by atoms with Crippen LogP contribution in [0.15, 0.2) is 42.5 Å². The molecule has 0 amide bonds. The molecular formula is C17H21ClN2. The quantitative estimate of drug-likeness (QED) is 0.908. The van der Waals surface area contributed by atoms with Crippen LogP contribution < -0.4 is 10.6 Å². The Morgan fingerprint density at radius 1 is 1.15 bits per heavy atom. The molecule has 0 saturated carbocycles. The van der Waals surface area contributed by atoms with Crippen LogP contribution in [0.5, 0.6) is 0 Å². The molecule has 0 spiro atoms. The maximum Gasteiger partial charge on any atom is 0.0511 e. The summed E-state index contributed by atoms with van der Waals surface area (Å²) in [6.45, 7) is 4.82. The van der Waals surface area contributed by atoms with Crippen LogP contribution in [0.1, 0.15) is 29.7 Å². The van der Waals surface area contributed by atoms with Crippen LogP contribution >= 0.6 is 11.6 Å². The summed E-state index contributed by atoms with van der Waals surface area (Å²) in [5.74, 6) is 0. The third-order valence-electron chi connectivity index (χ3n) is 3.77. The van der Waals surface area contributed by atoms with Gasteiger partial charge in [0, 0.05) is 24.3 Å². The molecule has 2 nitrogen and oxygen atoms in total. The van der Waals surface area contributed by atoms with Crippen LogP contribution in [-0.2, 0) is 6.54 Å². The van der Waals surface area contributed by atoms with Gasteiger partial charge in [0.15, 0.2) is 0 Å². The van der Waals surface area contributed by atoms with E-state index in [0.29, 0.717) is 6.54 Å². The summed E-state index contributed by atoms with van der Waals surface area (Å²) in [6.07, 6.45) is 0. The highest BCUT2D eigenvalue weighted by atomic mass is 35.5. The maximum atomic E-state index is 5.95. The van der Waals surface area contributed by atoms with Crippen molar-refractivity contribution in [3.8, 4) is 0 Å². The third kappa shape index (κ3) is 3.14. The highest BCUT2D eigenvalue weighted by Gasteiger charge is 2.14. The molecule has 0 aliphatic carbocycles. The first kappa shape index (κ1) is 14.9. The van der Waals surface area contributed by atoms with Crippen LogP contribution in [0, 0.1) is 6.92 Å². The highest BCUT2D eigenvalue weighted by molar-refractivity contribution is 6.30. The van der Waals surface area contributed by atoms with Crippen molar-refractivity contribution in [2.75, 3.05) is 11.9 Å². The minimum atomic E-state index is 0.264. The average molecular weight is 289 g/mol. The third-order valence-corrected chi connectivity index (χ3v) is 4.02. The van der Waals surface area contributed by atoms with Gasteiger partial charge in [-0.05, 0) is 43.2 Å². The monoisotopic (exact) mass is 288 g/mol. The molecule has 2 N–H and O–H groups in total. The van der Waals surface area contributed by atoms with Gasteiger partial charge in [-0.15, -0.1) is 0 Å². The number of anilines is 1. The topological polar surface area (TPSA) is 29.3 Å². The van der Waals surface area contributed by atoms with Crippen molar-refractivity contribution in [2.45, 2.75) is 26.4 Å². The molecule has 0 saturated heterocycles. The molecule has 20 heavy (non-hydrogen) atoms. The van der Waals surface area contributed by atoms with E-state index >= 15 is 0 Å². The van der Waals surface area contributed by atoms with Gasteiger partial charge in [-0.3, -0.25) is 0 Å². The summed E-state index contributed by atoms with van der Waals surface area (Å²) in [5, 5.41) is 0.765. The zero-order valence-electron chi connectivity index (χ0n) is 12.2. The largest absolute Gasteiger partial charge is 0.368 e. The Kier molecular flexibility index (Phi) is 4.69. The number of halogens is 1. The Labute approximate surface area is 126 Å². The van der Waals surface area contributed by atoms with Crippen molar-refractivity contribution in [3.05, 3.63) is 64.2 Å². The maximum absolute atomic E-state index is 5.95. The molecule has 0 bridgehead atoms. The summed E-state index contributed by atoms with van der Waals surface area (Å²) in [7, 11) is 2.10. The second-order valence-electron chi connectivity index (χ2n) is 5.17. The lowest BCUT2D eigenvalue weighted by molar-refractivity contribution is 0.734. The number of nitrogens with two attached hydrogens (primary N) is 1. The van der Waals surface area contributed by atoms with Crippen molar-refractivity contribution in [2.24, 2.45) is 5.73 Å². The van der Waals surface area contributed by atoms with Gasteiger partial charge in [0.25, 0.3) is 0 Å². The Morgan fingerprint density at radius 3 is 2.40 bits per heavy atom. The summed E-state index contributed by atoms with van der Waals surface area (Å²) in [4.78, 5) is 2.25. The minimum Gasteiger partial charge on any atom is -0.368 e. The molecule has 0 radical (unpaired) electrons. The molecule has 0 aliphatic rings. The van der Waals surface area contributed by atoms with E-state index < -0.39 is 0 Å². The Balaban J connectivity index is 2.30. The molecule has 0 aromatic heterocycles. The van der Waals surface area contributed by atoms with Crippen LogP contribution in [0.25, 0.3) is 0 Å². The van der Waals surface area contributed by atoms with Gasteiger partial charge in [-0.25, -0.2) is 0 Å². The van der Waals surface area contributed by atoms with E-state index in [1.54, 1.807) is 0 Å². The number of benzene rings is 2. The second kappa shape index (κ2) is 6.29. The first-order chi connectivity index (χ1) is 9.52. The summed E-state index contributed by atoms with van der Waals surface area (Å²) in [6, 6.07) is 14.7. The van der Waals surface area contributed by atoms with E-state index in [0.717, 1.165) is 5.02 Å². The molecule has 2 aromatic carbocycles. The molecular weight excluding hydrogens is 268 g/mol. The Bertz CT molecular complexity index is 578. The van der Waals surface area contributed by atoms with E-state index in [1.165, 1.54) is 22.4 Å². The van der Waals surface area contributed by atoms with Gasteiger partial charge in [-0.1, -0.05) is 41.4 Å². The smallest absolute Gasteiger partial charge is 0.0511 e. The van der Waals surface area contributed by atoms with Gasteiger partial charge >= 0.3 is 0 Å². The molecule has 2 aromatic rings. The fraction of sp³-hybridized carbons (Fsp3) is 0.294. The van der Waals surface area contributed by atoms with E-state index in [2.05, 4.69) is 56.1 Å². The number of nitrogens with zero attached hydrogens (tertiary/aromatic N) is 1. The van der Waals surface area contributed by atoms with E-state index in [1.807, 2.05) is 12.1 Å². The zero-order chi connectivity index (χ0) is 14.7. The molecule has 1 atom stereocenters. The fourth-order valence-corrected chi connectivity index (χ4v) is 2.52. The summed E-state index contributed by atoms with van der Waals surface area (Å²) < 4.78 is 0. The predicted octanol–water partition coefficient (Wildman–Crippen LogP) is 4.30. The Hall–Kier alpha value is -1.51. The molecule has 106 valence electrons. The van der Waals surface area contributed by atoms with E-state index in [4.69, 9.17) is 17.3 Å². The van der Waals surface area contributed by atoms with Crippen LogP contribution in [-0.4, -0.2) is 7.05 Å². The highest BCUT2D eigenvalue weighted by Crippen LogP contribution is 2.29. The van der Waals surface area contributed by atoms with Crippen molar-refractivity contribution in [1.29, 1.82) is 0 Å². The van der Waals surface area contributed by atoms with Crippen LogP contribution in [0.3, 0.4) is 0 Å². The first-order valence-corrected chi connectivity index (χ1v) is 7.18. The lowest BCUT2D eigenvalue weighted by atomic mass is 10.0. The Morgan fingerprint density at radius 2 is 1.80 bits per heavy atom. The summed E-state index contributed by atoms with van der Waals surface area (Å²) in [5.41, 5.74) is 10.7. The molecule has 3 heteroatoms. The zero-order valence-corrected chi connectivity index (χ0v) is 13.0. The number of rotatable bonds is 4. The normalized spacial score (nSPS) is 12.2. The van der Waals surface area contributed by atoms with Gasteiger partial charge in [0.1, 0.15) is 0 Å². The molecule has 0 fully saturated rings. The van der Waals surface area contributed by atoms with Gasteiger partial charge < -0.3 is 10.6 Å². The molecule has 2 rings (SSSR count). The minimum absolute atomic E-state index is 0.264. The predicted molar refractivity (Wildman–Crippen MR) is 87.3 cm³/mol. The van der Waals surface area contributed by atoms with Gasteiger partial charge in [0.05, 0.1) is 6.04 Å². The lowest BCUT2D eigenvalue weighted by Gasteiger charge is -2.29. The number of hydrogen-bond donors (Lipinski definition) is 1. The van der Waals surface area contributed by atoms with Gasteiger partial charge in [-0.2, -0.15) is 0 Å². The van der Waals surface area contributed by atoms with Crippen molar-refractivity contribution < 1.29 is 0 Å². The molecule has 0 heterocycles. The van der Waals surface area contributed by atoms with Crippen LogP contribution in [0.2, 0.25) is 5.02 Å². The van der Waals surface area contributed by atoms with E-state index in [9.17, 15) is 0 Å². The standard InChI is InChI=1S/C17H21ClN2/c1-12-4-9-17(15(10-12)11-19)20(3)13(2)14-5-7-16(18)8-6-14/h4-10,13H,11,19H2,1-3H3. The molecule has 0 aliphatic heterocycles. The number of aryl methyl sites for hydroxylation is 1. The number of hydrogen-bond acceptors (Lipinski definition) is 2. The van der Waals surface area contributed by atoms with E-state index in [-0.39, 0.29) is 6.04 Å². The summed E-state index contributed by atoms with van der Waals surface area (Å²) >= 11 is 5.95. The first-order valence-electron chi connectivity index (χ1n) is 6.81. The van der Waals surface area contributed by atoms with Crippen molar-refractivity contribution >= 4 is 17.3 Å². The van der Waals surface area contributed by atoms with Crippen molar-refractivity contribution in [1.82, 2.24) is 0 Å². The average Bonchev–Trinajstić information content (AvgIpc) is 2.46. The lowest BCUT2D eigenvalue weighted by Crippen LogP contribution is -2.23. The fourth-order valence-electron chi connectivity index (χ4n) is 2.40. The molecule has 1 unspecified atom stereocenters. The van der Waals surface area contributed by atoms with Crippen molar-refractivity contribution in [3.63, 3.8) is 0 Å². The van der Waals surface area contributed by atoms with Gasteiger partial charge in [0.2, 0.25) is 0 Å². The SMILES string of the molecule is Cc1ccc(N(C)C(C)c2ccc(Cl)cc2)c(CN)c1.